The lowest BCUT2D eigenvalue weighted by molar-refractivity contribution is -0.137. The molecule has 0 unspecified atom stereocenters. The molecule has 2 N–H and O–H groups in total. The van der Waals surface area contributed by atoms with Crippen molar-refractivity contribution in [2.45, 2.75) is 6.18 Å². The molecule has 0 saturated carbocycles. The fraction of sp³-hybridized carbons (Fsp3) is 0.105. The van der Waals surface area contributed by atoms with Crippen LogP contribution < -0.4 is 11.3 Å². The Morgan fingerprint density at radius 1 is 1.21 bits per heavy atom. The monoisotopic (exact) mass is 403 g/mol. The summed E-state index contributed by atoms with van der Waals surface area (Å²) in [5, 5.41) is 0.0956. The second kappa shape index (κ2) is 6.36. The Balaban J connectivity index is 2.16. The van der Waals surface area contributed by atoms with Gasteiger partial charge in [-0.1, -0.05) is 6.07 Å². The normalized spacial score (nSPS) is 11.9. The number of carbonyl (C=O) groups excluding carboxylic acids is 1. The lowest BCUT2D eigenvalue weighted by atomic mass is 10.1. The zero-order valence-corrected chi connectivity index (χ0v) is 14.8. The summed E-state index contributed by atoms with van der Waals surface area (Å²) in [4.78, 5) is 29.2. The number of benzene rings is 2. The third-order valence-corrected chi connectivity index (χ3v) is 4.50. The van der Waals surface area contributed by atoms with Gasteiger partial charge in [-0.15, -0.1) is 0 Å². The van der Waals surface area contributed by atoms with Crippen molar-refractivity contribution in [1.82, 2.24) is 9.55 Å². The number of esters is 1. The average Bonchev–Trinajstić information content (AvgIpc) is 3.14. The van der Waals surface area contributed by atoms with Gasteiger partial charge in [0.15, 0.2) is 12.0 Å². The molecule has 7 nitrogen and oxygen atoms in total. The van der Waals surface area contributed by atoms with Gasteiger partial charge in [-0.05, 0) is 30.3 Å². The summed E-state index contributed by atoms with van der Waals surface area (Å²) in [5.74, 6) is -0.995. The van der Waals surface area contributed by atoms with Crippen LogP contribution in [0.3, 0.4) is 0 Å². The highest BCUT2D eigenvalue weighted by molar-refractivity contribution is 6.04. The Labute approximate surface area is 160 Å². The van der Waals surface area contributed by atoms with E-state index in [1.54, 1.807) is 0 Å². The summed E-state index contributed by atoms with van der Waals surface area (Å²) in [6.45, 7) is 0. The minimum atomic E-state index is -4.64. The number of nitrogens with zero attached hydrogens (tertiary/aromatic N) is 2. The van der Waals surface area contributed by atoms with Crippen molar-refractivity contribution in [2.24, 2.45) is 0 Å². The summed E-state index contributed by atoms with van der Waals surface area (Å²) in [5.41, 5.74) is 4.22. The first-order valence-electron chi connectivity index (χ1n) is 8.19. The fourth-order valence-electron chi connectivity index (χ4n) is 3.13. The second-order valence-corrected chi connectivity index (χ2v) is 6.15. The smallest absolute Gasteiger partial charge is 0.416 e. The third-order valence-electron chi connectivity index (χ3n) is 4.50. The zero-order valence-electron chi connectivity index (χ0n) is 14.8. The maximum Gasteiger partial charge on any atom is 0.416 e. The van der Waals surface area contributed by atoms with Gasteiger partial charge in [-0.2, -0.15) is 13.2 Å². The molecule has 0 spiro atoms. The largest absolute Gasteiger partial charge is 0.465 e. The minimum absolute atomic E-state index is 0.0956. The van der Waals surface area contributed by atoms with E-state index in [-0.39, 0.29) is 22.3 Å². The Bertz CT molecular complexity index is 1340. The SMILES string of the molecule is COC(=O)c1c(N)c2ccc(C(F)(F)F)cc2n(-c2ccc3ocnc3c2)c1=O. The molecule has 0 radical (unpaired) electrons. The summed E-state index contributed by atoms with van der Waals surface area (Å²) < 4.78 is 50.5. The van der Waals surface area contributed by atoms with Crippen LogP contribution >= 0.6 is 0 Å². The summed E-state index contributed by atoms with van der Waals surface area (Å²) in [7, 11) is 1.07. The number of aromatic nitrogens is 2. The van der Waals surface area contributed by atoms with Crippen LogP contribution in [0.15, 0.2) is 52.0 Å². The molecule has 2 aromatic carbocycles. The van der Waals surface area contributed by atoms with Gasteiger partial charge in [0.2, 0.25) is 0 Å². The molecular formula is C19H12F3N3O4. The Morgan fingerprint density at radius 2 is 1.97 bits per heavy atom. The van der Waals surface area contributed by atoms with Crippen LogP contribution in [-0.4, -0.2) is 22.6 Å². The van der Waals surface area contributed by atoms with Gasteiger partial charge in [-0.3, -0.25) is 9.36 Å². The summed E-state index contributed by atoms with van der Waals surface area (Å²) >= 11 is 0. The van der Waals surface area contributed by atoms with Crippen LogP contribution in [0.2, 0.25) is 0 Å². The average molecular weight is 403 g/mol. The highest BCUT2D eigenvalue weighted by Gasteiger charge is 2.32. The van der Waals surface area contributed by atoms with E-state index in [4.69, 9.17) is 10.2 Å². The van der Waals surface area contributed by atoms with Crippen molar-refractivity contribution in [1.29, 1.82) is 0 Å². The Kier molecular flexibility index (Phi) is 4.07. The van der Waals surface area contributed by atoms with Gasteiger partial charge in [0.1, 0.15) is 11.1 Å². The standard InChI is InChI=1S/C19H12F3N3O4/c1-28-18(27)15-16(23)11-4-2-9(19(20,21)22)6-13(11)25(17(15)26)10-3-5-14-12(7-10)24-8-29-14/h2-8H,23H2,1H3. The number of alkyl halides is 3. The number of anilines is 1. The second-order valence-electron chi connectivity index (χ2n) is 6.15. The van der Waals surface area contributed by atoms with E-state index in [9.17, 15) is 22.8 Å². The van der Waals surface area contributed by atoms with Gasteiger partial charge in [0.05, 0.1) is 29.6 Å². The molecule has 0 fully saturated rings. The molecule has 4 aromatic rings. The molecule has 2 heterocycles. The van der Waals surface area contributed by atoms with Gasteiger partial charge in [0.25, 0.3) is 5.56 Å². The molecule has 0 aliphatic carbocycles. The molecule has 0 saturated heterocycles. The first kappa shape index (κ1) is 18.5. The van der Waals surface area contributed by atoms with Crippen molar-refractivity contribution < 1.29 is 27.1 Å². The summed E-state index contributed by atoms with van der Waals surface area (Å²) in [6.07, 6.45) is -3.44. The summed E-state index contributed by atoms with van der Waals surface area (Å²) in [6, 6.07) is 7.18. The van der Waals surface area contributed by atoms with Gasteiger partial charge in [-0.25, -0.2) is 9.78 Å². The van der Waals surface area contributed by atoms with Gasteiger partial charge < -0.3 is 14.9 Å². The predicted octanol–water partition coefficient (Wildman–Crippen LogP) is 3.52. The number of nitrogen functional groups attached to an aromatic ring is 1. The molecule has 0 aliphatic rings. The molecule has 0 aliphatic heterocycles. The molecule has 4 rings (SSSR count). The molecule has 148 valence electrons. The Morgan fingerprint density at radius 3 is 2.66 bits per heavy atom. The van der Waals surface area contributed by atoms with Crippen LogP contribution in [0.1, 0.15) is 15.9 Å². The third kappa shape index (κ3) is 2.89. The molecule has 0 bridgehead atoms. The molecule has 0 atom stereocenters. The lowest BCUT2D eigenvalue weighted by Crippen LogP contribution is -2.28. The van der Waals surface area contributed by atoms with E-state index < -0.39 is 28.8 Å². The number of pyridine rings is 1. The van der Waals surface area contributed by atoms with Crippen molar-refractivity contribution in [3.63, 3.8) is 0 Å². The predicted molar refractivity (Wildman–Crippen MR) is 97.9 cm³/mol. The minimum Gasteiger partial charge on any atom is -0.465 e. The number of hydrogen-bond acceptors (Lipinski definition) is 6. The number of carbonyl (C=O) groups is 1. The van der Waals surface area contributed by atoms with E-state index in [0.717, 1.165) is 29.9 Å². The van der Waals surface area contributed by atoms with Crippen LogP contribution in [0, 0.1) is 0 Å². The number of rotatable bonds is 2. The first-order valence-corrected chi connectivity index (χ1v) is 8.19. The number of hydrogen-bond donors (Lipinski definition) is 1. The fourth-order valence-corrected chi connectivity index (χ4v) is 3.13. The van der Waals surface area contributed by atoms with Crippen LogP contribution in [0.4, 0.5) is 18.9 Å². The topological polar surface area (TPSA) is 100 Å². The Hall–Kier alpha value is -3.82. The maximum atomic E-state index is 13.3. The van der Waals surface area contributed by atoms with Crippen molar-refractivity contribution in [3.05, 3.63) is 64.3 Å². The van der Waals surface area contributed by atoms with Crippen LogP contribution in [-0.2, 0) is 10.9 Å². The molecule has 10 heteroatoms. The van der Waals surface area contributed by atoms with Gasteiger partial charge >= 0.3 is 12.1 Å². The van der Waals surface area contributed by atoms with Crippen LogP contribution in [0.5, 0.6) is 0 Å². The van der Waals surface area contributed by atoms with Crippen LogP contribution in [0.25, 0.3) is 27.7 Å². The number of oxazole rings is 1. The number of ether oxygens (including phenoxy) is 1. The van der Waals surface area contributed by atoms with E-state index in [0.29, 0.717) is 11.1 Å². The quantitative estimate of drug-likeness (QED) is 0.514. The lowest BCUT2D eigenvalue weighted by Gasteiger charge is -2.16. The van der Waals surface area contributed by atoms with E-state index in [1.165, 1.54) is 24.6 Å². The number of nitrogens with two attached hydrogens (primary N) is 1. The molecule has 2 aromatic heterocycles. The molecule has 0 amide bonds. The first-order chi connectivity index (χ1) is 13.7. The van der Waals surface area contributed by atoms with Crippen molar-refractivity contribution in [2.75, 3.05) is 12.8 Å². The van der Waals surface area contributed by atoms with Crippen molar-refractivity contribution in [3.8, 4) is 5.69 Å². The maximum absolute atomic E-state index is 13.3. The van der Waals surface area contributed by atoms with E-state index >= 15 is 0 Å². The van der Waals surface area contributed by atoms with E-state index in [2.05, 4.69) is 9.72 Å². The van der Waals surface area contributed by atoms with E-state index in [1.807, 2.05) is 0 Å². The highest BCUT2D eigenvalue weighted by Crippen LogP contribution is 2.34. The van der Waals surface area contributed by atoms with Crippen molar-refractivity contribution >= 4 is 33.7 Å². The number of fused-ring (bicyclic) bond motifs is 2. The number of methoxy groups -OCH3 is 1. The molecule has 29 heavy (non-hydrogen) atoms. The van der Waals surface area contributed by atoms with Gasteiger partial charge in [0, 0.05) is 5.39 Å². The number of halogens is 3. The highest BCUT2D eigenvalue weighted by atomic mass is 19.4. The molecular weight excluding hydrogens is 391 g/mol. The zero-order chi connectivity index (χ0) is 20.9.